The minimum Gasteiger partial charge on any atom is -0.369 e. The zero-order chi connectivity index (χ0) is 14.4. The Morgan fingerprint density at radius 1 is 1.16 bits per heavy atom. The van der Waals surface area contributed by atoms with Crippen molar-refractivity contribution in [3.05, 3.63) is 28.8 Å². The van der Waals surface area contributed by atoms with Gasteiger partial charge >= 0.3 is 0 Å². The molecule has 0 spiro atoms. The first-order chi connectivity index (χ1) is 8.93. The summed E-state index contributed by atoms with van der Waals surface area (Å²) < 4.78 is 0. The molecule has 0 unspecified atom stereocenters. The van der Waals surface area contributed by atoms with E-state index in [1.165, 1.54) is 0 Å². The maximum Gasteiger partial charge on any atom is 0.0642 e. The maximum absolute atomic E-state index is 6.39. The van der Waals surface area contributed by atoms with E-state index in [0.717, 1.165) is 35.9 Å². The van der Waals surface area contributed by atoms with Gasteiger partial charge in [0.05, 0.1) is 10.7 Å². The number of anilines is 1. The molecule has 19 heavy (non-hydrogen) atoms. The highest BCUT2D eigenvalue weighted by Crippen LogP contribution is 2.28. The summed E-state index contributed by atoms with van der Waals surface area (Å²) in [5.41, 5.74) is 2.17. The SMILES string of the molecule is CC(C)CN(CCN(C)C)c1ccc(CCl)cc1Cl. The van der Waals surface area contributed by atoms with Gasteiger partial charge in [-0.15, -0.1) is 11.6 Å². The maximum atomic E-state index is 6.39. The molecule has 0 aromatic heterocycles. The smallest absolute Gasteiger partial charge is 0.0642 e. The Kier molecular flexibility index (Phi) is 6.98. The van der Waals surface area contributed by atoms with Crippen LogP contribution < -0.4 is 4.90 Å². The molecule has 0 N–H and O–H groups in total. The fourth-order valence-corrected chi connectivity index (χ4v) is 2.45. The molecule has 0 aliphatic carbocycles. The van der Waals surface area contributed by atoms with Crippen LogP contribution in [0.1, 0.15) is 19.4 Å². The average molecular weight is 303 g/mol. The van der Waals surface area contributed by atoms with Gasteiger partial charge < -0.3 is 9.80 Å². The summed E-state index contributed by atoms with van der Waals surface area (Å²) in [6.45, 7) is 7.45. The van der Waals surface area contributed by atoms with Crippen molar-refractivity contribution in [2.24, 2.45) is 5.92 Å². The fraction of sp³-hybridized carbons (Fsp3) is 0.600. The summed E-state index contributed by atoms with van der Waals surface area (Å²) in [6, 6.07) is 6.10. The van der Waals surface area contributed by atoms with E-state index in [-0.39, 0.29) is 0 Å². The molecule has 0 fully saturated rings. The molecule has 0 saturated carbocycles. The van der Waals surface area contributed by atoms with E-state index in [2.05, 4.69) is 49.9 Å². The monoisotopic (exact) mass is 302 g/mol. The van der Waals surface area contributed by atoms with Crippen LogP contribution in [0, 0.1) is 5.92 Å². The van der Waals surface area contributed by atoms with E-state index in [1.807, 2.05) is 6.07 Å². The normalized spacial score (nSPS) is 11.4. The molecule has 0 amide bonds. The number of hydrogen-bond acceptors (Lipinski definition) is 2. The molecular formula is C15H24Cl2N2. The topological polar surface area (TPSA) is 6.48 Å². The molecule has 1 aromatic rings. The highest BCUT2D eigenvalue weighted by molar-refractivity contribution is 6.33. The minimum atomic E-state index is 0.502. The van der Waals surface area contributed by atoms with E-state index in [1.54, 1.807) is 0 Å². The highest BCUT2D eigenvalue weighted by atomic mass is 35.5. The lowest BCUT2D eigenvalue weighted by atomic mass is 10.1. The number of nitrogens with zero attached hydrogens (tertiary/aromatic N) is 2. The van der Waals surface area contributed by atoms with Gasteiger partial charge in [0.25, 0.3) is 0 Å². The first-order valence-electron chi connectivity index (χ1n) is 6.68. The number of rotatable bonds is 7. The molecule has 2 nitrogen and oxygen atoms in total. The third-order valence-corrected chi connectivity index (χ3v) is 3.52. The second kappa shape index (κ2) is 7.98. The van der Waals surface area contributed by atoms with Crippen LogP contribution in [0.4, 0.5) is 5.69 Å². The zero-order valence-corrected chi connectivity index (χ0v) is 13.8. The Bertz CT molecular complexity index is 392. The van der Waals surface area contributed by atoms with Gasteiger partial charge in [-0.05, 0) is 37.7 Å². The van der Waals surface area contributed by atoms with Crippen LogP contribution in [0.2, 0.25) is 5.02 Å². The Morgan fingerprint density at radius 3 is 2.32 bits per heavy atom. The van der Waals surface area contributed by atoms with Gasteiger partial charge in [-0.25, -0.2) is 0 Å². The first kappa shape index (κ1) is 16.6. The summed E-state index contributed by atoms with van der Waals surface area (Å²) in [4.78, 5) is 4.54. The first-order valence-corrected chi connectivity index (χ1v) is 7.59. The van der Waals surface area contributed by atoms with Gasteiger partial charge in [0.15, 0.2) is 0 Å². The molecule has 1 rings (SSSR count). The van der Waals surface area contributed by atoms with Crippen molar-refractivity contribution >= 4 is 28.9 Å². The summed E-state index contributed by atoms with van der Waals surface area (Å²) in [5.74, 6) is 1.10. The van der Waals surface area contributed by atoms with Crippen molar-refractivity contribution in [1.29, 1.82) is 0 Å². The van der Waals surface area contributed by atoms with Crippen LogP contribution in [-0.2, 0) is 5.88 Å². The van der Waals surface area contributed by atoms with Crippen molar-refractivity contribution in [2.45, 2.75) is 19.7 Å². The van der Waals surface area contributed by atoms with Crippen LogP contribution in [0.3, 0.4) is 0 Å². The van der Waals surface area contributed by atoms with Gasteiger partial charge in [0, 0.05) is 25.5 Å². The molecule has 0 bridgehead atoms. The number of hydrogen-bond donors (Lipinski definition) is 0. The largest absolute Gasteiger partial charge is 0.369 e. The molecular weight excluding hydrogens is 279 g/mol. The summed E-state index contributed by atoms with van der Waals surface area (Å²) in [5, 5.41) is 0.789. The second-order valence-electron chi connectivity index (χ2n) is 5.56. The van der Waals surface area contributed by atoms with Crippen LogP contribution in [0.5, 0.6) is 0 Å². The lowest BCUT2D eigenvalue weighted by Crippen LogP contribution is -2.34. The van der Waals surface area contributed by atoms with Crippen LogP contribution in [-0.4, -0.2) is 38.6 Å². The zero-order valence-electron chi connectivity index (χ0n) is 12.3. The molecule has 0 aliphatic heterocycles. The lowest BCUT2D eigenvalue weighted by Gasteiger charge is -2.29. The summed E-state index contributed by atoms with van der Waals surface area (Å²) in [6.07, 6.45) is 0. The molecule has 0 aliphatic rings. The number of halogens is 2. The quantitative estimate of drug-likeness (QED) is 0.700. The summed E-state index contributed by atoms with van der Waals surface area (Å²) in [7, 11) is 4.18. The number of benzene rings is 1. The van der Waals surface area contributed by atoms with Crippen LogP contribution >= 0.6 is 23.2 Å². The fourth-order valence-electron chi connectivity index (χ4n) is 1.96. The van der Waals surface area contributed by atoms with Gasteiger partial charge in [0.2, 0.25) is 0 Å². The summed E-state index contributed by atoms with van der Waals surface area (Å²) >= 11 is 12.2. The number of likely N-dealkylation sites (N-methyl/N-ethyl adjacent to an activating group) is 1. The van der Waals surface area contributed by atoms with Crippen molar-refractivity contribution in [3.63, 3.8) is 0 Å². The number of alkyl halides is 1. The molecule has 0 radical (unpaired) electrons. The standard InChI is InChI=1S/C15H24Cl2N2/c1-12(2)11-19(8-7-18(3)4)15-6-5-13(10-16)9-14(15)17/h5-6,9,12H,7-8,10-11H2,1-4H3. The van der Waals surface area contributed by atoms with Crippen molar-refractivity contribution < 1.29 is 0 Å². The molecule has 108 valence electrons. The van der Waals surface area contributed by atoms with Gasteiger partial charge in [-0.3, -0.25) is 0 Å². The Morgan fingerprint density at radius 2 is 1.84 bits per heavy atom. The molecule has 4 heteroatoms. The van der Waals surface area contributed by atoms with E-state index in [9.17, 15) is 0 Å². The van der Waals surface area contributed by atoms with Crippen molar-refractivity contribution in [1.82, 2.24) is 4.90 Å². The molecule has 0 atom stereocenters. The van der Waals surface area contributed by atoms with E-state index >= 15 is 0 Å². The predicted molar refractivity (Wildman–Crippen MR) is 86.6 cm³/mol. The van der Waals surface area contributed by atoms with Gasteiger partial charge in [-0.2, -0.15) is 0 Å². The third kappa shape index (κ3) is 5.60. The molecule has 0 heterocycles. The van der Waals surface area contributed by atoms with E-state index in [0.29, 0.717) is 11.8 Å². The molecule has 1 aromatic carbocycles. The van der Waals surface area contributed by atoms with Gasteiger partial charge in [0.1, 0.15) is 0 Å². The minimum absolute atomic E-state index is 0.502. The Hall–Kier alpha value is -0.440. The van der Waals surface area contributed by atoms with Crippen molar-refractivity contribution in [2.75, 3.05) is 38.6 Å². The average Bonchev–Trinajstić information content (AvgIpc) is 2.34. The van der Waals surface area contributed by atoms with Crippen molar-refractivity contribution in [3.8, 4) is 0 Å². The van der Waals surface area contributed by atoms with E-state index < -0.39 is 0 Å². The Balaban J connectivity index is 2.89. The molecule has 0 saturated heterocycles. The van der Waals surface area contributed by atoms with Gasteiger partial charge in [-0.1, -0.05) is 31.5 Å². The Labute approximate surface area is 127 Å². The predicted octanol–water partition coefficient (Wildman–Crippen LogP) is 4.10. The van der Waals surface area contributed by atoms with E-state index in [4.69, 9.17) is 23.2 Å². The highest BCUT2D eigenvalue weighted by Gasteiger charge is 2.12. The second-order valence-corrected chi connectivity index (χ2v) is 6.24. The lowest BCUT2D eigenvalue weighted by molar-refractivity contribution is 0.409. The third-order valence-electron chi connectivity index (χ3n) is 2.91. The van der Waals surface area contributed by atoms with Crippen LogP contribution in [0.15, 0.2) is 18.2 Å². The van der Waals surface area contributed by atoms with Crippen LogP contribution in [0.25, 0.3) is 0 Å².